The number of carbonyl (C=O) groups is 1. The quantitative estimate of drug-likeness (QED) is 0.766. The van der Waals surface area contributed by atoms with Crippen LogP contribution >= 0.6 is 0 Å². The van der Waals surface area contributed by atoms with E-state index in [1.54, 1.807) is 0 Å². The van der Waals surface area contributed by atoms with Crippen molar-refractivity contribution in [1.82, 2.24) is 10.2 Å². The lowest BCUT2D eigenvalue weighted by Crippen LogP contribution is -2.44. The average Bonchev–Trinajstić information content (AvgIpc) is 2.58. The van der Waals surface area contributed by atoms with E-state index in [0.29, 0.717) is 17.9 Å². The van der Waals surface area contributed by atoms with Gasteiger partial charge < -0.3 is 4.90 Å². The topological polar surface area (TPSA) is 32.3 Å². The molecule has 3 heteroatoms. The van der Waals surface area contributed by atoms with Gasteiger partial charge in [0.05, 0.1) is 11.7 Å². The number of unbranched alkanes of at least 4 members (excludes halogenated alkanes) is 1. The third-order valence-corrected chi connectivity index (χ3v) is 4.38. The Morgan fingerprint density at radius 1 is 1.32 bits per heavy atom. The van der Waals surface area contributed by atoms with E-state index in [-0.39, 0.29) is 11.7 Å². The van der Waals surface area contributed by atoms with Gasteiger partial charge in [0.1, 0.15) is 0 Å². The number of nitrogens with zero attached hydrogens (tertiary/aromatic N) is 1. The summed E-state index contributed by atoms with van der Waals surface area (Å²) < 4.78 is 0. The molecule has 0 aromatic carbocycles. The van der Waals surface area contributed by atoms with Crippen LogP contribution in [0, 0.1) is 5.92 Å². The molecule has 1 amide bonds. The number of hydrogen-bond acceptors (Lipinski definition) is 2. The summed E-state index contributed by atoms with van der Waals surface area (Å²) in [5, 5.41) is 3.58. The van der Waals surface area contributed by atoms with Crippen LogP contribution in [-0.4, -0.2) is 28.6 Å². The first-order valence-corrected chi connectivity index (χ1v) is 7.96. The van der Waals surface area contributed by atoms with Gasteiger partial charge in [0.2, 0.25) is 5.91 Å². The van der Waals surface area contributed by atoms with E-state index in [0.717, 1.165) is 19.3 Å². The van der Waals surface area contributed by atoms with Crippen LogP contribution in [0.25, 0.3) is 0 Å². The maximum absolute atomic E-state index is 12.7. The molecule has 0 aromatic heterocycles. The molecule has 0 radical (unpaired) electrons. The Bertz CT molecular complexity index is 303. The zero-order chi connectivity index (χ0) is 14.6. The van der Waals surface area contributed by atoms with Crippen LogP contribution < -0.4 is 5.32 Å². The van der Waals surface area contributed by atoms with Crippen molar-refractivity contribution in [2.24, 2.45) is 5.92 Å². The minimum absolute atomic E-state index is 0.212. The zero-order valence-electron chi connectivity index (χ0n) is 13.6. The molecule has 0 spiro atoms. The van der Waals surface area contributed by atoms with E-state index in [2.05, 4.69) is 51.8 Å². The third-order valence-electron chi connectivity index (χ3n) is 4.38. The second-order valence-corrected chi connectivity index (χ2v) is 6.68. The molecule has 0 aliphatic carbocycles. The molecule has 1 saturated heterocycles. The fraction of sp³-hybridized carbons (Fsp3) is 0.938. The highest BCUT2D eigenvalue weighted by Crippen LogP contribution is 2.29. The molecule has 19 heavy (non-hydrogen) atoms. The molecule has 1 aliphatic rings. The van der Waals surface area contributed by atoms with E-state index in [4.69, 9.17) is 0 Å². The van der Waals surface area contributed by atoms with Crippen molar-refractivity contribution >= 4 is 5.91 Å². The SMILES string of the molecule is CCCCC(C)N1C(=O)C(C)(CC)NC1CC(C)C. The van der Waals surface area contributed by atoms with E-state index in [1.807, 2.05) is 0 Å². The van der Waals surface area contributed by atoms with Gasteiger partial charge in [-0.3, -0.25) is 10.1 Å². The second kappa shape index (κ2) is 6.74. The minimum Gasteiger partial charge on any atom is -0.323 e. The van der Waals surface area contributed by atoms with E-state index < -0.39 is 0 Å². The van der Waals surface area contributed by atoms with Crippen LogP contribution in [0.5, 0.6) is 0 Å². The van der Waals surface area contributed by atoms with E-state index in [9.17, 15) is 4.79 Å². The first-order chi connectivity index (χ1) is 8.85. The third kappa shape index (κ3) is 3.71. The molecular weight excluding hydrogens is 236 g/mol. The first kappa shape index (κ1) is 16.5. The van der Waals surface area contributed by atoms with Crippen molar-refractivity contribution in [3.8, 4) is 0 Å². The standard InChI is InChI=1S/C16H32N2O/c1-7-9-10-13(5)18-14(11-12(3)4)17-16(6,8-2)15(18)19/h12-14,17H,7-11H2,1-6H3. The summed E-state index contributed by atoms with van der Waals surface area (Å²) >= 11 is 0. The van der Waals surface area contributed by atoms with Crippen molar-refractivity contribution in [3.05, 3.63) is 0 Å². The van der Waals surface area contributed by atoms with Gasteiger partial charge in [0.25, 0.3) is 0 Å². The number of hydrogen-bond donors (Lipinski definition) is 1. The van der Waals surface area contributed by atoms with Gasteiger partial charge in [-0.25, -0.2) is 0 Å². The normalized spacial score (nSPS) is 29.3. The Hall–Kier alpha value is -0.570. The van der Waals surface area contributed by atoms with Gasteiger partial charge in [-0.1, -0.05) is 40.5 Å². The molecule has 1 N–H and O–H groups in total. The van der Waals surface area contributed by atoms with Gasteiger partial charge in [-0.05, 0) is 39.0 Å². The first-order valence-electron chi connectivity index (χ1n) is 7.96. The Labute approximate surface area is 119 Å². The molecule has 1 aliphatic heterocycles. The number of amides is 1. The summed E-state index contributed by atoms with van der Waals surface area (Å²) in [4.78, 5) is 14.8. The zero-order valence-corrected chi connectivity index (χ0v) is 13.6. The minimum atomic E-state index is -0.361. The largest absolute Gasteiger partial charge is 0.323 e. The smallest absolute Gasteiger partial charge is 0.244 e. The molecule has 1 rings (SSSR count). The van der Waals surface area contributed by atoms with Crippen LogP contribution in [0.2, 0.25) is 0 Å². The molecule has 3 nitrogen and oxygen atoms in total. The van der Waals surface area contributed by atoms with Crippen molar-refractivity contribution in [2.75, 3.05) is 0 Å². The number of nitrogens with one attached hydrogen (secondary N) is 1. The van der Waals surface area contributed by atoms with Crippen molar-refractivity contribution in [2.45, 2.75) is 91.4 Å². The molecule has 3 unspecified atom stereocenters. The van der Waals surface area contributed by atoms with Crippen LogP contribution in [-0.2, 0) is 4.79 Å². The van der Waals surface area contributed by atoms with Crippen molar-refractivity contribution < 1.29 is 4.79 Å². The summed E-state index contributed by atoms with van der Waals surface area (Å²) in [7, 11) is 0. The highest BCUT2D eigenvalue weighted by Gasteiger charge is 2.47. The second-order valence-electron chi connectivity index (χ2n) is 6.68. The summed E-state index contributed by atoms with van der Waals surface area (Å²) in [6, 6.07) is 0.345. The maximum atomic E-state index is 12.7. The van der Waals surface area contributed by atoms with Crippen LogP contribution in [0.4, 0.5) is 0 Å². The summed E-state index contributed by atoms with van der Waals surface area (Å²) in [5.74, 6) is 0.898. The van der Waals surface area contributed by atoms with Crippen LogP contribution in [0.3, 0.4) is 0 Å². The fourth-order valence-corrected chi connectivity index (χ4v) is 2.94. The number of carbonyl (C=O) groups excluding carboxylic acids is 1. The average molecular weight is 268 g/mol. The van der Waals surface area contributed by atoms with Gasteiger partial charge in [0.15, 0.2) is 0 Å². The van der Waals surface area contributed by atoms with Crippen LogP contribution in [0.1, 0.15) is 73.6 Å². The highest BCUT2D eigenvalue weighted by atomic mass is 16.2. The van der Waals surface area contributed by atoms with Gasteiger partial charge >= 0.3 is 0 Å². The van der Waals surface area contributed by atoms with E-state index in [1.165, 1.54) is 12.8 Å². The monoisotopic (exact) mass is 268 g/mol. The van der Waals surface area contributed by atoms with Crippen molar-refractivity contribution in [1.29, 1.82) is 0 Å². The summed E-state index contributed by atoms with van der Waals surface area (Å²) in [6.45, 7) is 13.0. The summed E-state index contributed by atoms with van der Waals surface area (Å²) in [6.07, 6.45) is 5.61. The van der Waals surface area contributed by atoms with Gasteiger partial charge in [0, 0.05) is 6.04 Å². The Balaban J connectivity index is 2.85. The maximum Gasteiger partial charge on any atom is 0.244 e. The van der Waals surface area contributed by atoms with Crippen molar-refractivity contribution in [3.63, 3.8) is 0 Å². The Morgan fingerprint density at radius 2 is 1.95 bits per heavy atom. The Morgan fingerprint density at radius 3 is 2.42 bits per heavy atom. The number of rotatable bonds is 7. The van der Waals surface area contributed by atoms with E-state index >= 15 is 0 Å². The molecule has 0 aromatic rings. The predicted octanol–water partition coefficient (Wildman–Crippen LogP) is 3.54. The van der Waals surface area contributed by atoms with Gasteiger partial charge in [-0.2, -0.15) is 0 Å². The predicted molar refractivity (Wildman–Crippen MR) is 80.9 cm³/mol. The Kier molecular flexibility index (Phi) is 5.84. The lowest BCUT2D eigenvalue weighted by Gasteiger charge is -2.31. The lowest BCUT2D eigenvalue weighted by molar-refractivity contribution is -0.135. The molecule has 0 saturated carbocycles. The summed E-state index contributed by atoms with van der Waals surface area (Å²) in [5.41, 5.74) is -0.361. The molecule has 1 fully saturated rings. The highest BCUT2D eigenvalue weighted by molar-refractivity contribution is 5.88. The van der Waals surface area contributed by atoms with Crippen LogP contribution in [0.15, 0.2) is 0 Å². The molecule has 0 bridgehead atoms. The molecular formula is C16H32N2O. The molecule has 3 atom stereocenters. The fourth-order valence-electron chi connectivity index (χ4n) is 2.94. The lowest BCUT2D eigenvalue weighted by atomic mass is 9.98. The molecule has 1 heterocycles. The molecule has 112 valence electrons. The van der Waals surface area contributed by atoms with Gasteiger partial charge in [-0.15, -0.1) is 0 Å².